The number of ether oxygens (including phenoxy) is 1. The highest BCUT2D eigenvalue weighted by atomic mass is 16.5. The number of morpholine rings is 1. The second-order valence-corrected chi connectivity index (χ2v) is 6.32. The van der Waals surface area contributed by atoms with Gasteiger partial charge in [-0.2, -0.15) is 5.10 Å². The minimum absolute atomic E-state index is 0.0340. The first kappa shape index (κ1) is 17.9. The van der Waals surface area contributed by atoms with E-state index < -0.39 is 5.91 Å². The molecule has 1 aromatic carbocycles. The average Bonchev–Trinajstić information content (AvgIpc) is 3.39. The van der Waals surface area contributed by atoms with Crippen LogP contribution in [0.3, 0.4) is 0 Å². The Kier molecular flexibility index (Phi) is 5.16. The topological polar surface area (TPSA) is 102 Å². The van der Waals surface area contributed by atoms with E-state index >= 15 is 0 Å². The first-order chi connectivity index (χ1) is 13.7. The summed E-state index contributed by atoms with van der Waals surface area (Å²) in [6.45, 7) is 2.38. The SMILES string of the molecule is O=C(Nc1cnn(CC(=O)N2CCOCC2)c1)c1cc(-c2ccccc2)on1. The maximum Gasteiger partial charge on any atom is 0.277 e. The van der Waals surface area contributed by atoms with Crippen molar-refractivity contribution in [3.8, 4) is 11.3 Å². The van der Waals surface area contributed by atoms with Gasteiger partial charge in [0.1, 0.15) is 6.54 Å². The van der Waals surface area contributed by atoms with Gasteiger partial charge in [0.05, 0.1) is 25.1 Å². The standard InChI is InChI=1S/C19H19N5O4/c25-18(23-6-8-27-9-7-23)13-24-12-15(11-20-24)21-19(26)16-10-17(28-22-16)14-4-2-1-3-5-14/h1-5,10-12H,6-9,13H2,(H,21,26). The lowest BCUT2D eigenvalue weighted by atomic mass is 10.1. The predicted molar refractivity (Wildman–Crippen MR) is 99.5 cm³/mol. The van der Waals surface area contributed by atoms with Crippen LogP contribution in [-0.4, -0.2) is 58.0 Å². The molecule has 0 spiro atoms. The Hall–Kier alpha value is -3.46. The molecule has 9 nitrogen and oxygen atoms in total. The van der Waals surface area contributed by atoms with E-state index in [4.69, 9.17) is 9.26 Å². The lowest BCUT2D eigenvalue weighted by Crippen LogP contribution is -2.42. The van der Waals surface area contributed by atoms with Gasteiger partial charge >= 0.3 is 0 Å². The number of amides is 2. The summed E-state index contributed by atoms with van der Waals surface area (Å²) < 4.78 is 12.0. The first-order valence-electron chi connectivity index (χ1n) is 8.90. The fourth-order valence-electron chi connectivity index (χ4n) is 2.88. The van der Waals surface area contributed by atoms with Crippen molar-refractivity contribution in [3.63, 3.8) is 0 Å². The van der Waals surface area contributed by atoms with Gasteiger partial charge in [0.2, 0.25) is 5.91 Å². The van der Waals surface area contributed by atoms with E-state index in [0.29, 0.717) is 37.8 Å². The van der Waals surface area contributed by atoms with E-state index in [2.05, 4.69) is 15.6 Å². The van der Waals surface area contributed by atoms with E-state index in [0.717, 1.165) is 5.56 Å². The molecule has 0 radical (unpaired) electrons. The maximum atomic E-state index is 12.4. The molecule has 3 aromatic rings. The Bertz CT molecular complexity index is 960. The molecule has 0 aliphatic carbocycles. The summed E-state index contributed by atoms with van der Waals surface area (Å²) in [6, 6.07) is 11.0. The van der Waals surface area contributed by atoms with E-state index in [1.54, 1.807) is 17.2 Å². The molecule has 0 bridgehead atoms. The van der Waals surface area contributed by atoms with Crippen LogP contribution >= 0.6 is 0 Å². The fourth-order valence-corrected chi connectivity index (χ4v) is 2.88. The Morgan fingerprint density at radius 2 is 1.93 bits per heavy atom. The summed E-state index contributed by atoms with van der Waals surface area (Å²) in [5.41, 5.74) is 1.48. The van der Waals surface area contributed by atoms with E-state index in [1.807, 2.05) is 30.3 Å². The maximum absolute atomic E-state index is 12.4. The number of nitrogens with zero attached hydrogens (tertiary/aromatic N) is 4. The summed E-state index contributed by atoms with van der Waals surface area (Å²) in [6.07, 6.45) is 3.09. The van der Waals surface area contributed by atoms with Gasteiger partial charge < -0.3 is 19.5 Å². The molecule has 0 atom stereocenters. The number of benzene rings is 1. The van der Waals surface area contributed by atoms with Gasteiger partial charge in [0.15, 0.2) is 11.5 Å². The minimum atomic E-state index is -0.412. The van der Waals surface area contributed by atoms with Gasteiger partial charge in [-0.3, -0.25) is 14.3 Å². The first-order valence-corrected chi connectivity index (χ1v) is 8.90. The van der Waals surface area contributed by atoms with Crippen LogP contribution in [-0.2, 0) is 16.1 Å². The van der Waals surface area contributed by atoms with E-state index in [1.165, 1.54) is 10.9 Å². The number of carbonyl (C=O) groups excluding carboxylic acids is 2. The second kappa shape index (κ2) is 8.05. The van der Waals surface area contributed by atoms with Crippen LogP contribution in [0.1, 0.15) is 10.5 Å². The van der Waals surface area contributed by atoms with Crippen LogP contribution in [0, 0.1) is 0 Å². The Morgan fingerprint density at radius 1 is 1.14 bits per heavy atom. The number of anilines is 1. The number of carbonyl (C=O) groups is 2. The second-order valence-electron chi connectivity index (χ2n) is 6.32. The molecular formula is C19H19N5O4. The highest BCUT2D eigenvalue weighted by Gasteiger charge is 2.18. The molecule has 0 saturated carbocycles. The third-order valence-corrected chi connectivity index (χ3v) is 4.35. The van der Waals surface area contributed by atoms with Crippen LogP contribution in [0.4, 0.5) is 5.69 Å². The van der Waals surface area contributed by atoms with Crippen molar-refractivity contribution in [2.24, 2.45) is 0 Å². The Morgan fingerprint density at radius 3 is 2.71 bits per heavy atom. The summed E-state index contributed by atoms with van der Waals surface area (Å²) >= 11 is 0. The Labute approximate surface area is 160 Å². The number of hydrogen-bond acceptors (Lipinski definition) is 6. The molecule has 3 heterocycles. The van der Waals surface area contributed by atoms with Gasteiger partial charge in [-0.25, -0.2) is 0 Å². The number of aromatic nitrogens is 3. The number of nitrogens with one attached hydrogen (secondary N) is 1. The van der Waals surface area contributed by atoms with Gasteiger partial charge in [0, 0.05) is 30.9 Å². The van der Waals surface area contributed by atoms with Crippen molar-refractivity contribution >= 4 is 17.5 Å². The van der Waals surface area contributed by atoms with Crippen molar-refractivity contribution in [2.45, 2.75) is 6.54 Å². The fraction of sp³-hybridized carbons (Fsp3) is 0.263. The number of hydrogen-bond donors (Lipinski definition) is 1. The van der Waals surface area contributed by atoms with Gasteiger partial charge in [-0.1, -0.05) is 35.5 Å². The molecular weight excluding hydrogens is 362 g/mol. The van der Waals surface area contributed by atoms with Crippen LogP contribution < -0.4 is 5.32 Å². The molecule has 1 N–H and O–H groups in total. The molecule has 4 rings (SSSR count). The van der Waals surface area contributed by atoms with Gasteiger partial charge in [0.25, 0.3) is 5.91 Å². The lowest BCUT2D eigenvalue weighted by molar-refractivity contribution is -0.136. The molecule has 2 aromatic heterocycles. The zero-order valence-corrected chi connectivity index (χ0v) is 15.1. The summed E-state index contributed by atoms with van der Waals surface area (Å²) in [5.74, 6) is 0.0656. The molecule has 2 amide bonds. The van der Waals surface area contributed by atoms with Crippen molar-refractivity contribution in [2.75, 3.05) is 31.6 Å². The van der Waals surface area contributed by atoms with Crippen LogP contribution in [0.15, 0.2) is 53.3 Å². The van der Waals surface area contributed by atoms with E-state index in [9.17, 15) is 9.59 Å². The molecule has 1 aliphatic rings. The molecule has 28 heavy (non-hydrogen) atoms. The van der Waals surface area contributed by atoms with Crippen LogP contribution in [0.25, 0.3) is 11.3 Å². The van der Waals surface area contributed by atoms with Crippen molar-refractivity contribution in [1.82, 2.24) is 19.8 Å². The summed E-state index contributed by atoms with van der Waals surface area (Å²) in [7, 11) is 0. The molecule has 1 saturated heterocycles. The minimum Gasteiger partial charge on any atom is -0.378 e. The largest absolute Gasteiger partial charge is 0.378 e. The summed E-state index contributed by atoms with van der Waals surface area (Å²) in [5, 5.41) is 10.7. The quantitative estimate of drug-likeness (QED) is 0.721. The third-order valence-electron chi connectivity index (χ3n) is 4.35. The number of rotatable bonds is 5. The van der Waals surface area contributed by atoms with Crippen molar-refractivity contribution in [3.05, 3.63) is 54.5 Å². The lowest BCUT2D eigenvalue weighted by Gasteiger charge is -2.26. The molecule has 1 aliphatic heterocycles. The predicted octanol–water partition coefficient (Wildman–Crippen LogP) is 1.65. The zero-order valence-electron chi connectivity index (χ0n) is 15.1. The normalized spacial score (nSPS) is 14.1. The van der Waals surface area contributed by atoms with Crippen molar-refractivity contribution in [1.29, 1.82) is 0 Å². The van der Waals surface area contributed by atoms with Crippen LogP contribution in [0.2, 0.25) is 0 Å². The third kappa shape index (κ3) is 4.09. The molecule has 144 valence electrons. The monoisotopic (exact) mass is 381 g/mol. The molecule has 9 heteroatoms. The zero-order chi connectivity index (χ0) is 19.3. The smallest absolute Gasteiger partial charge is 0.277 e. The van der Waals surface area contributed by atoms with E-state index in [-0.39, 0.29) is 18.1 Å². The highest BCUT2D eigenvalue weighted by molar-refractivity contribution is 6.03. The van der Waals surface area contributed by atoms with Gasteiger partial charge in [-0.15, -0.1) is 0 Å². The van der Waals surface area contributed by atoms with Gasteiger partial charge in [-0.05, 0) is 0 Å². The highest BCUT2D eigenvalue weighted by Crippen LogP contribution is 2.20. The Balaban J connectivity index is 1.36. The average molecular weight is 381 g/mol. The van der Waals surface area contributed by atoms with Crippen molar-refractivity contribution < 1.29 is 18.8 Å². The molecule has 0 unspecified atom stereocenters. The summed E-state index contributed by atoms with van der Waals surface area (Å²) in [4.78, 5) is 26.4. The van der Waals surface area contributed by atoms with Crippen LogP contribution in [0.5, 0.6) is 0 Å². The molecule has 1 fully saturated rings.